The van der Waals surface area contributed by atoms with Crippen LogP contribution in [0.3, 0.4) is 0 Å². The number of carbonyl (C=O) groups excluding carboxylic acids is 3. The topological polar surface area (TPSA) is 167 Å². The lowest BCUT2D eigenvalue weighted by Gasteiger charge is -2.11. The van der Waals surface area contributed by atoms with Crippen molar-refractivity contribution in [1.29, 1.82) is 0 Å². The van der Waals surface area contributed by atoms with Crippen molar-refractivity contribution in [1.82, 2.24) is 0 Å². The summed E-state index contributed by atoms with van der Waals surface area (Å²) in [7, 11) is -4.25. The van der Waals surface area contributed by atoms with Gasteiger partial charge in [-0.25, -0.2) is 0 Å². The minimum Gasteiger partial charge on any atom is -0.485 e. The van der Waals surface area contributed by atoms with E-state index in [-0.39, 0.29) is 16.9 Å². The van der Waals surface area contributed by atoms with Crippen molar-refractivity contribution in [2.24, 2.45) is 11.5 Å². The van der Waals surface area contributed by atoms with E-state index in [0.29, 0.717) is 0 Å². The molecule has 1 aromatic rings. The maximum atomic E-state index is 11.5. The third kappa shape index (κ3) is 5.14. The van der Waals surface area contributed by atoms with Gasteiger partial charge in [0.25, 0.3) is 16.0 Å². The molecule has 120 valence electrons. The van der Waals surface area contributed by atoms with Gasteiger partial charge in [0.15, 0.2) is 5.78 Å². The first-order valence-electron chi connectivity index (χ1n) is 5.94. The van der Waals surface area contributed by atoms with Crippen molar-refractivity contribution in [2.45, 2.75) is 6.42 Å². The number of rotatable bonds is 8. The lowest BCUT2D eigenvalue weighted by Crippen LogP contribution is -2.23. The van der Waals surface area contributed by atoms with Crippen LogP contribution in [0.2, 0.25) is 0 Å². The van der Waals surface area contributed by atoms with Crippen LogP contribution in [0.4, 0.5) is 0 Å². The average Bonchev–Trinajstić information content (AvgIpc) is 2.41. The van der Waals surface area contributed by atoms with Crippen molar-refractivity contribution in [2.75, 3.05) is 12.4 Å². The SMILES string of the molecule is NC(=O)c1cccc(OCC(=O)CCS(=O)(=O)O)c1C(N)=O. The second-order valence-corrected chi connectivity index (χ2v) is 5.84. The van der Waals surface area contributed by atoms with Crippen LogP contribution in [0.5, 0.6) is 5.75 Å². The summed E-state index contributed by atoms with van der Waals surface area (Å²) in [6.07, 6.45) is -0.458. The Morgan fingerprint density at radius 3 is 2.27 bits per heavy atom. The Balaban J connectivity index is 2.86. The number of Topliss-reactive ketones (excluding diaryl/α,β-unsaturated/α-hetero) is 1. The van der Waals surface area contributed by atoms with E-state index in [9.17, 15) is 22.8 Å². The highest BCUT2D eigenvalue weighted by Gasteiger charge is 2.19. The zero-order valence-corrected chi connectivity index (χ0v) is 12.1. The van der Waals surface area contributed by atoms with Crippen molar-refractivity contribution in [3.63, 3.8) is 0 Å². The van der Waals surface area contributed by atoms with Crippen molar-refractivity contribution < 1.29 is 32.1 Å². The van der Waals surface area contributed by atoms with E-state index in [1.807, 2.05) is 0 Å². The fourth-order valence-corrected chi connectivity index (χ4v) is 2.07. The lowest BCUT2D eigenvalue weighted by molar-refractivity contribution is -0.120. The zero-order valence-electron chi connectivity index (χ0n) is 11.3. The molecule has 0 saturated heterocycles. The predicted molar refractivity (Wildman–Crippen MR) is 75.0 cm³/mol. The Labute approximate surface area is 126 Å². The molecule has 0 aliphatic rings. The van der Waals surface area contributed by atoms with E-state index in [1.165, 1.54) is 18.2 Å². The van der Waals surface area contributed by atoms with Gasteiger partial charge in [-0.3, -0.25) is 18.9 Å². The summed E-state index contributed by atoms with van der Waals surface area (Å²) in [5.74, 6) is -3.34. The third-order valence-electron chi connectivity index (χ3n) is 2.57. The van der Waals surface area contributed by atoms with E-state index in [4.69, 9.17) is 20.8 Å². The summed E-state index contributed by atoms with van der Waals surface area (Å²) < 4.78 is 34.7. The molecule has 0 saturated carbocycles. The molecule has 0 radical (unpaired) electrons. The molecule has 10 heteroatoms. The molecule has 0 atom stereocenters. The summed E-state index contributed by atoms with van der Waals surface area (Å²) in [5.41, 5.74) is 9.84. The van der Waals surface area contributed by atoms with Crippen LogP contribution in [0.15, 0.2) is 18.2 Å². The Hall–Kier alpha value is -2.46. The van der Waals surface area contributed by atoms with Gasteiger partial charge < -0.3 is 16.2 Å². The minimum absolute atomic E-state index is 0.121. The van der Waals surface area contributed by atoms with Gasteiger partial charge in [0.1, 0.15) is 12.4 Å². The normalized spacial score (nSPS) is 11.0. The molecule has 0 fully saturated rings. The largest absolute Gasteiger partial charge is 0.485 e. The average molecular weight is 330 g/mol. The summed E-state index contributed by atoms with van der Waals surface area (Å²) in [6, 6.07) is 3.96. The van der Waals surface area contributed by atoms with Gasteiger partial charge in [-0.15, -0.1) is 0 Å². The smallest absolute Gasteiger partial charge is 0.265 e. The summed E-state index contributed by atoms with van der Waals surface area (Å²) in [6.45, 7) is -0.558. The van der Waals surface area contributed by atoms with Gasteiger partial charge >= 0.3 is 0 Å². The maximum Gasteiger partial charge on any atom is 0.265 e. The van der Waals surface area contributed by atoms with Gasteiger partial charge in [0.2, 0.25) is 5.91 Å². The maximum absolute atomic E-state index is 11.5. The van der Waals surface area contributed by atoms with E-state index < -0.39 is 46.5 Å². The minimum atomic E-state index is -4.25. The Morgan fingerprint density at radius 2 is 1.77 bits per heavy atom. The van der Waals surface area contributed by atoms with Gasteiger partial charge in [-0.05, 0) is 12.1 Å². The van der Waals surface area contributed by atoms with Crippen LogP contribution in [-0.2, 0) is 14.9 Å². The molecule has 0 unspecified atom stereocenters. The number of hydrogen-bond acceptors (Lipinski definition) is 6. The first-order valence-corrected chi connectivity index (χ1v) is 7.55. The first-order chi connectivity index (χ1) is 10.1. The van der Waals surface area contributed by atoms with Gasteiger partial charge in [0, 0.05) is 6.42 Å². The third-order valence-corrected chi connectivity index (χ3v) is 3.29. The number of nitrogens with two attached hydrogens (primary N) is 2. The van der Waals surface area contributed by atoms with E-state index in [0.717, 1.165) is 0 Å². The number of carbonyl (C=O) groups is 3. The van der Waals surface area contributed by atoms with Gasteiger partial charge in [-0.2, -0.15) is 8.42 Å². The van der Waals surface area contributed by atoms with Gasteiger partial charge in [-0.1, -0.05) is 6.07 Å². The van der Waals surface area contributed by atoms with E-state index in [2.05, 4.69) is 0 Å². The summed E-state index contributed by atoms with van der Waals surface area (Å²) in [5, 5.41) is 0. The highest BCUT2D eigenvalue weighted by atomic mass is 32.2. The van der Waals surface area contributed by atoms with Gasteiger partial charge in [0.05, 0.1) is 16.9 Å². The standard InChI is InChI=1S/C12H14N2O7S/c13-11(16)8-2-1-3-9(10(8)12(14)17)21-6-7(15)4-5-22(18,19)20/h1-3H,4-6H2,(H2,13,16)(H2,14,17)(H,18,19,20). The number of hydrogen-bond donors (Lipinski definition) is 3. The number of ketones is 1. The molecule has 1 aromatic carbocycles. The van der Waals surface area contributed by atoms with E-state index >= 15 is 0 Å². The molecule has 2 amide bonds. The quantitative estimate of drug-likeness (QED) is 0.519. The molecule has 0 aromatic heterocycles. The molecule has 1 rings (SSSR count). The van der Waals surface area contributed by atoms with Crippen LogP contribution in [-0.4, -0.2) is 42.9 Å². The van der Waals surface area contributed by atoms with Crippen molar-refractivity contribution in [3.05, 3.63) is 29.3 Å². The zero-order chi connectivity index (χ0) is 16.9. The number of benzene rings is 1. The highest BCUT2D eigenvalue weighted by molar-refractivity contribution is 7.85. The summed E-state index contributed by atoms with van der Waals surface area (Å²) in [4.78, 5) is 34.1. The molecule has 5 N–H and O–H groups in total. The number of primary amides is 2. The Bertz CT molecular complexity index is 712. The molecule has 22 heavy (non-hydrogen) atoms. The fourth-order valence-electron chi connectivity index (χ4n) is 1.58. The molecule has 0 spiro atoms. The molecule has 0 bridgehead atoms. The van der Waals surface area contributed by atoms with Crippen LogP contribution in [0, 0.1) is 0 Å². The molecule has 9 nitrogen and oxygen atoms in total. The Kier molecular flexibility index (Phi) is 5.60. The molecule has 0 aliphatic carbocycles. The monoisotopic (exact) mass is 330 g/mol. The molecule has 0 heterocycles. The lowest BCUT2D eigenvalue weighted by atomic mass is 10.1. The highest BCUT2D eigenvalue weighted by Crippen LogP contribution is 2.22. The van der Waals surface area contributed by atoms with E-state index in [1.54, 1.807) is 0 Å². The van der Waals surface area contributed by atoms with Crippen LogP contribution < -0.4 is 16.2 Å². The fraction of sp³-hybridized carbons (Fsp3) is 0.250. The summed E-state index contributed by atoms with van der Waals surface area (Å²) >= 11 is 0. The molecule has 0 aliphatic heterocycles. The molecular weight excluding hydrogens is 316 g/mol. The Morgan fingerprint density at radius 1 is 1.14 bits per heavy atom. The number of ether oxygens (including phenoxy) is 1. The van der Waals surface area contributed by atoms with Crippen molar-refractivity contribution >= 4 is 27.7 Å². The van der Waals surface area contributed by atoms with Crippen LogP contribution in [0.1, 0.15) is 27.1 Å². The van der Waals surface area contributed by atoms with Crippen LogP contribution in [0.25, 0.3) is 0 Å². The first kappa shape index (κ1) is 17.6. The second-order valence-electron chi connectivity index (χ2n) is 4.27. The van der Waals surface area contributed by atoms with Crippen LogP contribution >= 0.6 is 0 Å². The number of amides is 2. The predicted octanol–water partition coefficient (Wildman–Crippen LogP) is -0.890. The molecular formula is C12H14N2O7S. The second kappa shape index (κ2) is 7.00. The van der Waals surface area contributed by atoms with Crippen molar-refractivity contribution in [3.8, 4) is 5.75 Å².